The number of carbonyl (C=O) groups is 4. The minimum absolute atomic E-state index is 0.195. The van der Waals surface area contributed by atoms with E-state index in [9.17, 15) is 19.2 Å². The number of carboxylic acid groups (broad SMARTS) is 2. The molecule has 2 N–H and O–H groups in total. The fraction of sp³-hybridized carbons (Fsp3) is 0.556. The standard InChI is InChI=1S/C9H8O7/c1-8-2-3(4(10)11)9(8,5(12)13)7(15)16-6(8)14/h3H,2H2,1H3,(H,10,11)(H,12,13). The van der Waals surface area contributed by atoms with Crippen LogP contribution in [0.25, 0.3) is 0 Å². The lowest BCUT2D eigenvalue weighted by Gasteiger charge is -2.48. The zero-order chi connectivity index (χ0) is 12.3. The molecule has 7 heteroatoms. The molecule has 0 aromatic heterocycles. The molecule has 3 unspecified atom stereocenters. The summed E-state index contributed by atoms with van der Waals surface area (Å²) in [7, 11) is 0. The molecule has 16 heavy (non-hydrogen) atoms. The van der Waals surface area contributed by atoms with Crippen molar-refractivity contribution in [2.45, 2.75) is 13.3 Å². The number of ether oxygens (including phenoxy) is 1. The SMILES string of the molecule is CC12CC(C(=O)O)C1(C(=O)O)C(=O)OC2=O. The average Bonchev–Trinajstić information content (AvgIpc) is 2.24. The highest BCUT2D eigenvalue weighted by Gasteiger charge is 2.83. The van der Waals surface area contributed by atoms with Crippen molar-refractivity contribution < 1.29 is 34.1 Å². The molecule has 0 spiro atoms. The molecule has 0 amide bonds. The Kier molecular flexibility index (Phi) is 1.72. The molecule has 7 nitrogen and oxygen atoms in total. The molecule has 86 valence electrons. The van der Waals surface area contributed by atoms with E-state index in [-0.39, 0.29) is 6.42 Å². The summed E-state index contributed by atoms with van der Waals surface area (Å²) in [4.78, 5) is 44.8. The molecule has 2 fully saturated rings. The highest BCUT2D eigenvalue weighted by atomic mass is 16.6. The molecular formula is C9H8O7. The summed E-state index contributed by atoms with van der Waals surface area (Å²) in [6.07, 6.45) is -0.195. The summed E-state index contributed by atoms with van der Waals surface area (Å²) < 4.78 is 4.27. The van der Waals surface area contributed by atoms with Gasteiger partial charge in [-0.1, -0.05) is 0 Å². The van der Waals surface area contributed by atoms with Gasteiger partial charge in [0.05, 0.1) is 11.3 Å². The van der Waals surface area contributed by atoms with Crippen LogP contribution in [0.3, 0.4) is 0 Å². The zero-order valence-corrected chi connectivity index (χ0v) is 8.22. The van der Waals surface area contributed by atoms with Crippen LogP contribution in [-0.4, -0.2) is 34.1 Å². The maximum atomic E-state index is 11.4. The van der Waals surface area contributed by atoms with Gasteiger partial charge in [-0.25, -0.2) is 0 Å². The molecule has 0 aromatic carbocycles. The Labute approximate surface area is 89.0 Å². The monoisotopic (exact) mass is 228 g/mol. The molecule has 1 aliphatic carbocycles. The van der Waals surface area contributed by atoms with Gasteiger partial charge in [-0.15, -0.1) is 0 Å². The summed E-state index contributed by atoms with van der Waals surface area (Å²) in [5.41, 5.74) is -3.81. The van der Waals surface area contributed by atoms with Crippen LogP contribution in [0, 0.1) is 16.7 Å². The molecule has 1 heterocycles. The topological polar surface area (TPSA) is 118 Å². The van der Waals surface area contributed by atoms with E-state index in [0.717, 1.165) is 0 Å². The highest BCUT2D eigenvalue weighted by molar-refractivity contribution is 6.17. The van der Waals surface area contributed by atoms with Gasteiger partial charge in [-0.2, -0.15) is 0 Å². The Morgan fingerprint density at radius 1 is 1.31 bits per heavy atom. The van der Waals surface area contributed by atoms with Crippen LogP contribution in [0.1, 0.15) is 13.3 Å². The number of aliphatic carboxylic acids is 2. The van der Waals surface area contributed by atoms with Gasteiger partial charge < -0.3 is 14.9 Å². The summed E-state index contributed by atoms with van der Waals surface area (Å²) in [5.74, 6) is -6.67. The zero-order valence-electron chi connectivity index (χ0n) is 8.22. The molecule has 1 aliphatic heterocycles. The Balaban J connectivity index is 2.60. The van der Waals surface area contributed by atoms with E-state index in [2.05, 4.69) is 4.74 Å². The van der Waals surface area contributed by atoms with E-state index in [0.29, 0.717) is 0 Å². The number of cyclic esters (lactones) is 2. The second-order valence-corrected chi connectivity index (χ2v) is 4.22. The molecule has 2 aliphatic rings. The first-order valence-electron chi connectivity index (χ1n) is 4.51. The van der Waals surface area contributed by atoms with E-state index >= 15 is 0 Å². The molecule has 0 bridgehead atoms. The van der Waals surface area contributed by atoms with Crippen LogP contribution >= 0.6 is 0 Å². The number of hydrogen-bond donors (Lipinski definition) is 2. The number of fused-ring (bicyclic) bond motifs is 1. The quantitative estimate of drug-likeness (QED) is 0.471. The van der Waals surface area contributed by atoms with Crippen molar-refractivity contribution >= 4 is 23.9 Å². The fourth-order valence-corrected chi connectivity index (χ4v) is 2.61. The van der Waals surface area contributed by atoms with Gasteiger partial charge in [0, 0.05) is 0 Å². The van der Waals surface area contributed by atoms with Crippen LogP contribution in [0.5, 0.6) is 0 Å². The van der Waals surface area contributed by atoms with Gasteiger partial charge in [0.2, 0.25) is 0 Å². The van der Waals surface area contributed by atoms with Crippen LogP contribution in [0.2, 0.25) is 0 Å². The van der Waals surface area contributed by atoms with Crippen LogP contribution < -0.4 is 0 Å². The number of carbonyl (C=O) groups excluding carboxylic acids is 2. The van der Waals surface area contributed by atoms with E-state index in [1.165, 1.54) is 6.92 Å². The van der Waals surface area contributed by atoms with Crippen molar-refractivity contribution in [3.63, 3.8) is 0 Å². The number of esters is 2. The predicted molar refractivity (Wildman–Crippen MR) is 45.0 cm³/mol. The van der Waals surface area contributed by atoms with Gasteiger partial charge in [0.1, 0.15) is 0 Å². The molecule has 2 rings (SSSR count). The fourth-order valence-electron chi connectivity index (χ4n) is 2.61. The van der Waals surface area contributed by atoms with Gasteiger partial charge >= 0.3 is 23.9 Å². The van der Waals surface area contributed by atoms with E-state index < -0.39 is 40.6 Å². The summed E-state index contributed by atoms with van der Waals surface area (Å²) >= 11 is 0. The smallest absolute Gasteiger partial charge is 0.333 e. The van der Waals surface area contributed by atoms with E-state index in [4.69, 9.17) is 10.2 Å². The molecular weight excluding hydrogens is 220 g/mol. The summed E-state index contributed by atoms with van der Waals surface area (Å²) in [6.45, 7) is 1.24. The first-order chi connectivity index (χ1) is 7.28. The maximum Gasteiger partial charge on any atom is 0.333 e. The van der Waals surface area contributed by atoms with Crippen LogP contribution in [0.4, 0.5) is 0 Å². The maximum absolute atomic E-state index is 11.4. The lowest BCUT2D eigenvalue weighted by molar-refractivity contribution is -0.196. The molecule has 3 atom stereocenters. The Morgan fingerprint density at radius 2 is 1.88 bits per heavy atom. The minimum atomic E-state index is -2.25. The molecule has 0 radical (unpaired) electrons. The van der Waals surface area contributed by atoms with E-state index in [1.54, 1.807) is 0 Å². The second-order valence-electron chi connectivity index (χ2n) is 4.22. The number of carboxylic acids is 2. The molecule has 1 saturated carbocycles. The second kappa shape index (κ2) is 2.60. The minimum Gasteiger partial charge on any atom is -0.481 e. The van der Waals surface area contributed by atoms with Crippen molar-refractivity contribution in [2.24, 2.45) is 16.7 Å². The lowest BCUT2D eigenvalue weighted by atomic mass is 9.45. The highest BCUT2D eigenvalue weighted by Crippen LogP contribution is 2.65. The number of rotatable bonds is 2. The normalized spacial score (nSPS) is 40.9. The summed E-state index contributed by atoms with van der Waals surface area (Å²) in [5, 5.41) is 17.9. The third-order valence-corrected chi connectivity index (χ3v) is 3.60. The Hall–Kier alpha value is -1.92. The van der Waals surface area contributed by atoms with Crippen LogP contribution in [-0.2, 0) is 23.9 Å². The Morgan fingerprint density at radius 3 is 2.25 bits per heavy atom. The first-order valence-corrected chi connectivity index (χ1v) is 4.51. The Bertz CT molecular complexity index is 439. The first kappa shape index (κ1) is 10.6. The van der Waals surface area contributed by atoms with Gasteiger partial charge in [-0.05, 0) is 13.3 Å². The molecule has 1 saturated heterocycles. The lowest BCUT2D eigenvalue weighted by Crippen LogP contribution is -2.65. The third-order valence-electron chi connectivity index (χ3n) is 3.60. The number of hydrogen-bond acceptors (Lipinski definition) is 5. The van der Waals surface area contributed by atoms with Crippen molar-refractivity contribution in [1.29, 1.82) is 0 Å². The van der Waals surface area contributed by atoms with Gasteiger partial charge in [-0.3, -0.25) is 19.2 Å². The van der Waals surface area contributed by atoms with Crippen molar-refractivity contribution in [2.75, 3.05) is 0 Å². The van der Waals surface area contributed by atoms with Crippen molar-refractivity contribution in [3.8, 4) is 0 Å². The van der Waals surface area contributed by atoms with Crippen molar-refractivity contribution in [1.82, 2.24) is 0 Å². The average molecular weight is 228 g/mol. The molecule has 0 aromatic rings. The van der Waals surface area contributed by atoms with Gasteiger partial charge in [0.25, 0.3) is 0 Å². The summed E-state index contributed by atoms with van der Waals surface area (Å²) in [6, 6.07) is 0. The van der Waals surface area contributed by atoms with Crippen molar-refractivity contribution in [3.05, 3.63) is 0 Å². The predicted octanol–water partition coefficient (Wildman–Crippen LogP) is -0.748. The van der Waals surface area contributed by atoms with Crippen LogP contribution in [0.15, 0.2) is 0 Å². The van der Waals surface area contributed by atoms with E-state index in [1.807, 2.05) is 0 Å². The third kappa shape index (κ3) is 0.763. The van der Waals surface area contributed by atoms with Gasteiger partial charge in [0.15, 0.2) is 5.41 Å². The largest absolute Gasteiger partial charge is 0.481 e.